The number of carbonyl (C=O) groups is 1. The van der Waals surface area contributed by atoms with Gasteiger partial charge in [-0.2, -0.15) is 0 Å². The minimum absolute atomic E-state index is 0.244. The van der Waals surface area contributed by atoms with Crippen LogP contribution in [0.3, 0.4) is 0 Å². The van der Waals surface area contributed by atoms with E-state index in [0.717, 1.165) is 18.7 Å². The second-order valence-corrected chi connectivity index (χ2v) is 3.24. The second-order valence-electron chi connectivity index (χ2n) is 3.24. The van der Waals surface area contributed by atoms with E-state index in [-0.39, 0.29) is 18.1 Å². The Morgan fingerprint density at radius 1 is 1.62 bits per heavy atom. The topological polar surface area (TPSA) is 48.4 Å². The third-order valence-electron chi connectivity index (χ3n) is 1.68. The van der Waals surface area contributed by atoms with Crippen LogP contribution >= 0.6 is 0 Å². The lowest BCUT2D eigenvalue weighted by Crippen LogP contribution is -2.08. The highest BCUT2D eigenvalue weighted by Crippen LogP contribution is 2.15. The fraction of sp³-hybridized carbons (Fsp3) is 0.273. The molecule has 1 rings (SSSR count). The zero-order chi connectivity index (χ0) is 12.1. The predicted octanol–water partition coefficient (Wildman–Crippen LogP) is 1.96. The molecule has 0 fully saturated rings. The van der Waals surface area contributed by atoms with Gasteiger partial charge in [-0.25, -0.2) is 14.2 Å². The molecule has 0 unspecified atom stereocenters. The number of hydrogen-bond acceptors (Lipinski definition) is 4. The van der Waals surface area contributed by atoms with Crippen molar-refractivity contribution in [3.05, 3.63) is 35.9 Å². The molecule has 0 aliphatic heterocycles. The average molecular weight is 225 g/mol. The first-order valence-electron chi connectivity index (χ1n) is 4.55. The first-order valence-corrected chi connectivity index (χ1v) is 4.55. The van der Waals surface area contributed by atoms with E-state index in [0.29, 0.717) is 0 Å². The zero-order valence-electron chi connectivity index (χ0n) is 9.12. The zero-order valence-corrected chi connectivity index (χ0v) is 9.12. The van der Waals surface area contributed by atoms with Gasteiger partial charge in [0.15, 0.2) is 11.5 Å². The van der Waals surface area contributed by atoms with Crippen LogP contribution in [0.4, 0.5) is 4.39 Å². The fourth-order valence-corrected chi connectivity index (χ4v) is 0.953. The van der Waals surface area contributed by atoms with Gasteiger partial charge in [-0.1, -0.05) is 6.58 Å². The first kappa shape index (κ1) is 12.2. The third kappa shape index (κ3) is 3.05. The van der Waals surface area contributed by atoms with Gasteiger partial charge in [0.1, 0.15) is 12.4 Å². The van der Waals surface area contributed by atoms with Gasteiger partial charge in [-0.3, -0.25) is 0 Å². The molecule has 16 heavy (non-hydrogen) atoms. The van der Waals surface area contributed by atoms with Gasteiger partial charge in [0.05, 0.1) is 13.3 Å². The van der Waals surface area contributed by atoms with Crippen molar-refractivity contribution in [2.75, 3.05) is 13.7 Å². The Morgan fingerprint density at radius 2 is 2.31 bits per heavy atom. The van der Waals surface area contributed by atoms with Crippen molar-refractivity contribution in [1.82, 2.24) is 4.98 Å². The van der Waals surface area contributed by atoms with E-state index in [9.17, 15) is 9.18 Å². The molecule has 0 saturated heterocycles. The monoisotopic (exact) mass is 225 g/mol. The molecular weight excluding hydrogens is 213 g/mol. The molecule has 1 aromatic heterocycles. The van der Waals surface area contributed by atoms with E-state index in [2.05, 4.69) is 16.3 Å². The Labute approximate surface area is 92.7 Å². The molecule has 1 aromatic rings. The van der Waals surface area contributed by atoms with Crippen molar-refractivity contribution >= 4 is 5.97 Å². The maximum absolute atomic E-state index is 13.3. The summed E-state index contributed by atoms with van der Waals surface area (Å²) in [5, 5.41) is 0. The number of aromatic nitrogens is 1. The molecule has 0 atom stereocenters. The number of hydrogen-bond donors (Lipinski definition) is 0. The Balaban J connectivity index is 2.82. The normalized spacial score (nSPS) is 9.69. The van der Waals surface area contributed by atoms with Crippen LogP contribution in [-0.4, -0.2) is 24.7 Å². The van der Waals surface area contributed by atoms with Crippen molar-refractivity contribution in [2.24, 2.45) is 0 Å². The lowest BCUT2D eigenvalue weighted by Gasteiger charge is -2.06. The minimum atomic E-state index is -0.816. The van der Waals surface area contributed by atoms with Crippen LogP contribution < -0.4 is 4.74 Å². The van der Waals surface area contributed by atoms with Crippen LogP contribution in [0.5, 0.6) is 5.75 Å². The van der Waals surface area contributed by atoms with Crippen LogP contribution in [0, 0.1) is 5.82 Å². The van der Waals surface area contributed by atoms with E-state index in [1.54, 1.807) is 6.92 Å². The number of halogens is 1. The first-order chi connectivity index (χ1) is 7.54. The molecule has 0 bridgehead atoms. The van der Waals surface area contributed by atoms with E-state index < -0.39 is 11.8 Å². The molecule has 86 valence electrons. The summed E-state index contributed by atoms with van der Waals surface area (Å²) in [6.07, 6.45) is 1.26. The van der Waals surface area contributed by atoms with Crippen LogP contribution in [0.2, 0.25) is 0 Å². The summed E-state index contributed by atoms with van der Waals surface area (Å²) in [6.45, 7) is 5.70. The quantitative estimate of drug-likeness (QED) is 0.580. The lowest BCUT2D eigenvalue weighted by atomic mass is 10.3. The molecule has 0 amide bonds. The third-order valence-corrected chi connectivity index (χ3v) is 1.68. The van der Waals surface area contributed by atoms with Crippen LogP contribution in [-0.2, 0) is 4.74 Å². The summed E-state index contributed by atoms with van der Waals surface area (Å²) in [5.41, 5.74) is 0.447. The number of pyridine rings is 1. The highest BCUT2D eigenvalue weighted by atomic mass is 19.1. The smallest absolute Gasteiger partial charge is 0.359 e. The molecule has 0 N–H and O–H groups in total. The van der Waals surface area contributed by atoms with Crippen molar-refractivity contribution in [3.8, 4) is 5.75 Å². The molecule has 5 heteroatoms. The van der Waals surface area contributed by atoms with Gasteiger partial charge in [0, 0.05) is 6.07 Å². The summed E-state index contributed by atoms with van der Waals surface area (Å²) in [7, 11) is 1.16. The summed E-state index contributed by atoms with van der Waals surface area (Å²) in [6, 6.07) is 1.09. The van der Waals surface area contributed by atoms with E-state index >= 15 is 0 Å². The Morgan fingerprint density at radius 3 is 2.81 bits per heavy atom. The van der Waals surface area contributed by atoms with Crippen LogP contribution in [0.15, 0.2) is 24.4 Å². The highest BCUT2D eigenvalue weighted by molar-refractivity contribution is 5.87. The largest absolute Gasteiger partial charge is 0.488 e. The van der Waals surface area contributed by atoms with Gasteiger partial charge < -0.3 is 9.47 Å². The summed E-state index contributed by atoms with van der Waals surface area (Å²) in [5.74, 6) is -1.34. The predicted molar refractivity (Wildman–Crippen MR) is 55.8 cm³/mol. The Hall–Kier alpha value is -1.91. The molecule has 1 heterocycles. The van der Waals surface area contributed by atoms with Crippen LogP contribution in [0.25, 0.3) is 0 Å². The molecule has 0 radical (unpaired) electrons. The number of esters is 1. The molecular formula is C11H12FNO3. The van der Waals surface area contributed by atoms with E-state index in [1.807, 2.05) is 0 Å². The van der Waals surface area contributed by atoms with Crippen molar-refractivity contribution in [2.45, 2.75) is 6.92 Å². The number of methoxy groups -OCH3 is 1. The highest BCUT2D eigenvalue weighted by Gasteiger charge is 2.14. The van der Waals surface area contributed by atoms with Crippen LogP contribution in [0.1, 0.15) is 17.4 Å². The average Bonchev–Trinajstić information content (AvgIpc) is 2.25. The Bertz CT molecular complexity index is 418. The second kappa shape index (κ2) is 5.25. The van der Waals surface area contributed by atoms with Crippen molar-refractivity contribution < 1.29 is 18.7 Å². The summed E-state index contributed by atoms with van der Waals surface area (Å²) in [4.78, 5) is 14.7. The molecule has 0 saturated carbocycles. The fourth-order valence-electron chi connectivity index (χ4n) is 0.953. The molecule has 0 aliphatic carbocycles. The summed E-state index contributed by atoms with van der Waals surface area (Å²) < 4.78 is 22.9. The number of rotatable bonds is 4. The lowest BCUT2D eigenvalue weighted by molar-refractivity contribution is 0.0588. The maximum Gasteiger partial charge on any atom is 0.359 e. The number of carbonyl (C=O) groups excluding carboxylic acids is 1. The Kier molecular flexibility index (Phi) is 3.99. The molecule has 0 spiro atoms. The molecule has 0 aromatic carbocycles. The van der Waals surface area contributed by atoms with Gasteiger partial charge >= 0.3 is 5.97 Å². The molecule has 0 aliphatic rings. The minimum Gasteiger partial charge on any atom is -0.488 e. The van der Waals surface area contributed by atoms with Gasteiger partial charge in [0.25, 0.3) is 0 Å². The van der Waals surface area contributed by atoms with Crippen molar-refractivity contribution in [1.29, 1.82) is 0 Å². The number of ether oxygens (including phenoxy) is 2. The standard InChI is InChI=1S/C11H12FNO3/c1-7(2)6-16-8-4-9(12)10(13-5-8)11(14)15-3/h4-5H,1,6H2,2-3H3. The van der Waals surface area contributed by atoms with Gasteiger partial charge in [0.2, 0.25) is 0 Å². The van der Waals surface area contributed by atoms with Gasteiger partial charge in [-0.05, 0) is 12.5 Å². The SMILES string of the molecule is C=C(C)COc1cnc(C(=O)OC)c(F)c1. The number of nitrogens with zero attached hydrogens (tertiary/aromatic N) is 1. The maximum atomic E-state index is 13.3. The summed E-state index contributed by atoms with van der Waals surface area (Å²) >= 11 is 0. The van der Waals surface area contributed by atoms with Gasteiger partial charge in [-0.15, -0.1) is 0 Å². The van der Waals surface area contributed by atoms with Crippen molar-refractivity contribution in [3.63, 3.8) is 0 Å². The van der Waals surface area contributed by atoms with E-state index in [1.165, 1.54) is 6.20 Å². The molecule has 4 nitrogen and oxygen atoms in total. The van der Waals surface area contributed by atoms with E-state index in [4.69, 9.17) is 4.74 Å².